The van der Waals surface area contributed by atoms with E-state index in [0.29, 0.717) is 27.6 Å². The van der Waals surface area contributed by atoms with Crippen molar-refractivity contribution in [1.29, 1.82) is 0 Å². The second-order valence-corrected chi connectivity index (χ2v) is 4.56. The molecule has 6 heteroatoms. The van der Waals surface area contributed by atoms with Crippen LogP contribution in [0.5, 0.6) is 0 Å². The van der Waals surface area contributed by atoms with Gasteiger partial charge in [0.25, 0.3) is 5.22 Å². The predicted molar refractivity (Wildman–Crippen MR) is 64.5 cm³/mol. The number of nitrogens with two attached hydrogens (primary N) is 1. The van der Waals surface area contributed by atoms with Gasteiger partial charge >= 0.3 is 0 Å². The number of benzene rings is 1. The lowest BCUT2D eigenvalue weighted by molar-refractivity contribution is 0.429. The first kappa shape index (κ1) is 11.3. The summed E-state index contributed by atoms with van der Waals surface area (Å²) in [4.78, 5) is 0. The average Bonchev–Trinajstić information content (AvgIpc) is 2.63. The third-order valence-electron chi connectivity index (χ3n) is 1.94. The smallest absolute Gasteiger partial charge is 0.276 e. The molecule has 84 valence electrons. The Morgan fingerprint density at radius 1 is 1.44 bits per heavy atom. The summed E-state index contributed by atoms with van der Waals surface area (Å²) in [6.07, 6.45) is 0. The number of hydrogen-bond donors (Lipinski definition) is 1. The van der Waals surface area contributed by atoms with Gasteiger partial charge in [-0.15, -0.1) is 10.2 Å². The molecule has 4 nitrogen and oxygen atoms in total. The van der Waals surface area contributed by atoms with Crippen LogP contribution < -0.4 is 5.73 Å². The molecule has 2 aromatic rings. The number of rotatable bonds is 3. The maximum Gasteiger partial charge on any atom is 0.276 e. The van der Waals surface area contributed by atoms with Crippen LogP contribution in [-0.4, -0.2) is 10.2 Å². The zero-order chi connectivity index (χ0) is 11.5. The van der Waals surface area contributed by atoms with Crippen molar-refractivity contribution in [3.8, 4) is 0 Å². The molecule has 1 heterocycles. The van der Waals surface area contributed by atoms with Crippen molar-refractivity contribution in [2.45, 2.75) is 17.9 Å². The van der Waals surface area contributed by atoms with E-state index < -0.39 is 0 Å². The summed E-state index contributed by atoms with van der Waals surface area (Å²) in [5.41, 5.74) is 7.26. The Morgan fingerprint density at radius 3 is 2.88 bits per heavy atom. The second kappa shape index (κ2) is 4.76. The van der Waals surface area contributed by atoms with Gasteiger partial charge in [0.05, 0.1) is 0 Å². The van der Waals surface area contributed by atoms with Crippen molar-refractivity contribution in [3.63, 3.8) is 0 Å². The highest BCUT2D eigenvalue weighted by molar-refractivity contribution is 7.98. The van der Waals surface area contributed by atoms with Gasteiger partial charge in [0.15, 0.2) is 0 Å². The summed E-state index contributed by atoms with van der Waals surface area (Å²) in [5.74, 6) is 1.24. The molecule has 0 saturated carbocycles. The molecule has 0 unspecified atom stereocenters. The monoisotopic (exact) mass is 255 g/mol. The topological polar surface area (TPSA) is 64.9 Å². The Hall–Kier alpha value is -1.20. The normalized spacial score (nSPS) is 10.6. The number of hydrogen-bond acceptors (Lipinski definition) is 5. The average molecular weight is 256 g/mol. The fourth-order valence-electron chi connectivity index (χ4n) is 1.16. The fraction of sp³-hybridized carbons (Fsp3) is 0.200. The molecule has 0 radical (unpaired) electrons. The Bertz CT molecular complexity index is 501. The molecular formula is C10H10ClN3OS. The van der Waals surface area contributed by atoms with Crippen molar-refractivity contribution < 1.29 is 4.42 Å². The van der Waals surface area contributed by atoms with Gasteiger partial charge in [-0.25, -0.2) is 0 Å². The molecule has 2 rings (SSSR count). The SMILES string of the molecule is Cc1nnc(SCc2ccc(N)cc2Cl)o1. The third-order valence-corrected chi connectivity index (χ3v) is 3.15. The first-order chi connectivity index (χ1) is 7.65. The molecule has 1 aromatic carbocycles. The highest BCUT2D eigenvalue weighted by Gasteiger charge is 2.06. The van der Waals surface area contributed by atoms with Gasteiger partial charge in [-0.1, -0.05) is 29.4 Å². The van der Waals surface area contributed by atoms with Crippen LogP contribution in [0.25, 0.3) is 0 Å². The van der Waals surface area contributed by atoms with Crippen LogP contribution in [-0.2, 0) is 5.75 Å². The summed E-state index contributed by atoms with van der Waals surface area (Å²) in [6.45, 7) is 1.76. The van der Waals surface area contributed by atoms with Crippen molar-refractivity contribution in [2.75, 3.05) is 5.73 Å². The summed E-state index contributed by atoms with van der Waals surface area (Å²) < 4.78 is 5.24. The van der Waals surface area contributed by atoms with Gasteiger partial charge in [0.1, 0.15) is 0 Å². The molecule has 0 aliphatic heterocycles. The largest absolute Gasteiger partial charge is 0.416 e. The summed E-state index contributed by atoms with van der Waals surface area (Å²) in [5, 5.41) is 8.83. The molecule has 0 amide bonds. The standard InChI is InChI=1S/C10H10ClN3OS/c1-6-13-14-10(15-6)16-5-7-2-3-8(12)4-9(7)11/h2-4H,5,12H2,1H3. The number of aryl methyl sites for hydroxylation is 1. The van der Waals surface area contributed by atoms with E-state index in [-0.39, 0.29) is 0 Å². The third kappa shape index (κ3) is 2.68. The van der Waals surface area contributed by atoms with Crippen molar-refractivity contribution >= 4 is 29.1 Å². The van der Waals surface area contributed by atoms with E-state index in [9.17, 15) is 0 Å². The lowest BCUT2D eigenvalue weighted by Crippen LogP contribution is -1.88. The second-order valence-electron chi connectivity index (χ2n) is 3.23. The van der Waals surface area contributed by atoms with Crippen LogP contribution in [0.4, 0.5) is 5.69 Å². The lowest BCUT2D eigenvalue weighted by atomic mass is 10.2. The van der Waals surface area contributed by atoms with E-state index in [2.05, 4.69) is 10.2 Å². The summed E-state index contributed by atoms with van der Waals surface area (Å²) in [6, 6.07) is 5.45. The lowest BCUT2D eigenvalue weighted by Gasteiger charge is -2.02. The van der Waals surface area contributed by atoms with E-state index in [1.165, 1.54) is 11.8 Å². The zero-order valence-corrected chi connectivity index (χ0v) is 10.2. The first-order valence-corrected chi connectivity index (χ1v) is 5.98. The number of aromatic nitrogens is 2. The molecule has 16 heavy (non-hydrogen) atoms. The Kier molecular flexibility index (Phi) is 3.36. The summed E-state index contributed by atoms with van der Waals surface area (Å²) >= 11 is 7.49. The van der Waals surface area contributed by atoms with Gasteiger partial charge in [-0.3, -0.25) is 0 Å². The van der Waals surface area contributed by atoms with Crippen molar-refractivity contribution in [2.24, 2.45) is 0 Å². The number of anilines is 1. The van der Waals surface area contributed by atoms with Gasteiger partial charge < -0.3 is 10.2 Å². The Morgan fingerprint density at radius 2 is 2.25 bits per heavy atom. The van der Waals surface area contributed by atoms with Crippen LogP contribution in [0.1, 0.15) is 11.5 Å². The molecule has 0 saturated heterocycles. The number of nitrogens with zero attached hydrogens (tertiary/aromatic N) is 2. The highest BCUT2D eigenvalue weighted by Crippen LogP contribution is 2.27. The predicted octanol–water partition coefficient (Wildman–Crippen LogP) is 2.91. The molecule has 1 aromatic heterocycles. The molecule has 0 bridgehead atoms. The van der Waals surface area contributed by atoms with Gasteiger partial charge in [0, 0.05) is 23.4 Å². The summed E-state index contributed by atoms with van der Waals surface area (Å²) in [7, 11) is 0. The number of thioether (sulfide) groups is 1. The first-order valence-electron chi connectivity index (χ1n) is 4.62. The van der Waals surface area contributed by atoms with E-state index in [1.54, 1.807) is 13.0 Å². The Labute approximate surface area is 102 Å². The van der Waals surface area contributed by atoms with Gasteiger partial charge in [-0.05, 0) is 17.7 Å². The maximum atomic E-state index is 6.04. The van der Waals surface area contributed by atoms with Gasteiger partial charge in [-0.2, -0.15) is 0 Å². The van der Waals surface area contributed by atoms with Crippen LogP contribution in [0.3, 0.4) is 0 Å². The number of halogens is 1. The van der Waals surface area contributed by atoms with Crippen molar-refractivity contribution in [3.05, 3.63) is 34.7 Å². The molecule has 0 fully saturated rings. The highest BCUT2D eigenvalue weighted by atomic mass is 35.5. The molecule has 2 N–H and O–H groups in total. The quantitative estimate of drug-likeness (QED) is 0.675. The van der Waals surface area contributed by atoms with Gasteiger partial charge in [0.2, 0.25) is 5.89 Å². The van der Waals surface area contributed by atoms with Crippen molar-refractivity contribution in [1.82, 2.24) is 10.2 Å². The molecule has 0 aliphatic rings. The molecule has 0 atom stereocenters. The van der Waals surface area contributed by atoms with Crippen LogP contribution in [0.15, 0.2) is 27.8 Å². The van der Waals surface area contributed by atoms with E-state index in [1.807, 2.05) is 12.1 Å². The minimum atomic E-state index is 0.547. The zero-order valence-electron chi connectivity index (χ0n) is 8.61. The van der Waals surface area contributed by atoms with Crippen LogP contribution in [0, 0.1) is 6.92 Å². The molecular weight excluding hydrogens is 246 g/mol. The molecule has 0 aliphatic carbocycles. The van der Waals surface area contributed by atoms with Crippen LogP contribution >= 0.6 is 23.4 Å². The van der Waals surface area contributed by atoms with E-state index >= 15 is 0 Å². The fourth-order valence-corrected chi connectivity index (χ4v) is 2.30. The maximum absolute atomic E-state index is 6.04. The van der Waals surface area contributed by atoms with E-state index in [0.717, 1.165) is 5.56 Å². The Balaban J connectivity index is 2.04. The minimum Gasteiger partial charge on any atom is -0.416 e. The number of nitrogen functional groups attached to an aromatic ring is 1. The molecule has 0 spiro atoms. The van der Waals surface area contributed by atoms with E-state index in [4.69, 9.17) is 21.8 Å². The minimum absolute atomic E-state index is 0.547. The van der Waals surface area contributed by atoms with Crippen LogP contribution in [0.2, 0.25) is 5.02 Å².